The zero-order valence-electron chi connectivity index (χ0n) is 13.8. The Morgan fingerprint density at radius 1 is 0.952 bits per heavy atom. The summed E-state index contributed by atoms with van der Waals surface area (Å²) >= 11 is 0. The molecule has 0 unspecified atom stereocenters. The number of hydrogen-bond acceptors (Lipinski definition) is 3. The van der Waals surface area contributed by atoms with Gasteiger partial charge in [0.25, 0.3) is 0 Å². The lowest BCUT2D eigenvalue weighted by Gasteiger charge is -2.09. The van der Waals surface area contributed by atoms with Crippen molar-refractivity contribution in [3.8, 4) is 5.75 Å². The van der Waals surface area contributed by atoms with Crippen LogP contribution in [-0.4, -0.2) is 16.6 Å². The molecular formula is C18H32N2O. The summed E-state index contributed by atoms with van der Waals surface area (Å²) in [4.78, 5) is 4.05. The first kappa shape index (κ1) is 17.8. The fraction of sp³-hybridized carbons (Fsp3) is 0.722. The van der Waals surface area contributed by atoms with Gasteiger partial charge in [-0.15, -0.1) is 0 Å². The fourth-order valence-corrected chi connectivity index (χ4v) is 2.54. The molecule has 0 aromatic carbocycles. The van der Waals surface area contributed by atoms with Gasteiger partial charge in [0.15, 0.2) is 5.75 Å². The first-order valence-electron chi connectivity index (χ1n) is 8.64. The topological polar surface area (TPSA) is 45.2 Å². The number of aromatic hydroxyl groups is 1. The van der Waals surface area contributed by atoms with Crippen molar-refractivity contribution in [3.05, 3.63) is 18.0 Å². The highest BCUT2D eigenvalue weighted by atomic mass is 16.3. The van der Waals surface area contributed by atoms with Crippen molar-refractivity contribution >= 4 is 5.69 Å². The summed E-state index contributed by atoms with van der Waals surface area (Å²) in [6, 6.07) is 1.83. The molecule has 0 radical (unpaired) electrons. The molecule has 0 saturated heterocycles. The van der Waals surface area contributed by atoms with E-state index >= 15 is 0 Å². The molecule has 120 valence electrons. The van der Waals surface area contributed by atoms with E-state index in [0.29, 0.717) is 5.69 Å². The van der Waals surface area contributed by atoms with Gasteiger partial charge in [-0.1, -0.05) is 64.7 Å². The van der Waals surface area contributed by atoms with Gasteiger partial charge in [0.1, 0.15) is 0 Å². The monoisotopic (exact) mass is 292 g/mol. The van der Waals surface area contributed by atoms with Gasteiger partial charge in [-0.3, -0.25) is 4.98 Å². The van der Waals surface area contributed by atoms with Crippen molar-refractivity contribution in [1.29, 1.82) is 0 Å². The Bertz CT molecular complexity index is 379. The molecule has 3 heteroatoms. The van der Waals surface area contributed by atoms with Crippen LogP contribution < -0.4 is 5.32 Å². The SMILES string of the molecule is CCCCCCCCCCCCNc1ccnc(C)c1O. The number of unbranched alkanes of at least 4 members (excludes halogenated alkanes) is 9. The van der Waals surface area contributed by atoms with Crippen LogP contribution in [0.2, 0.25) is 0 Å². The van der Waals surface area contributed by atoms with Gasteiger partial charge < -0.3 is 10.4 Å². The first-order chi connectivity index (χ1) is 10.3. The molecule has 0 aliphatic heterocycles. The molecule has 0 saturated carbocycles. The Hall–Kier alpha value is -1.25. The smallest absolute Gasteiger partial charge is 0.160 e. The molecule has 1 rings (SSSR count). The van der Waals surface area contributed by atoms with Crippen molar-refractivity contribution in [3.63, 3.8) is 0 Å². The van der Waals surface area contributed by atoms with Crippen LogP contribution in [0.15, 0.2) is 12.3 Å². The van der Waals surface area contributed by atoms with Crippen molar-refractivity contribution in [1.82, 2.24) is 4.98 Å². The van der Waals surface area contributed by atoms with Crippen LogP contribution in [0.3, 0.4) is 0 Å². The summed E-state index contributed by atoms with van der Waals surface area (Å²) in [5.41, 5.74) is 1.49. The van der Waals surface area contributed by atoms with Crippen molar-refractivity contribution in [2.45, 2.75) is 78.1 Å². The molecule has 0 spiro atoms. The average Bonchev–Trinajstić information content (AvgIpc) is 2.49. The summed E-state index contributed by atoms with van der Waals surface area (Å²) in [5.74, 6) is 0.282. The summed E-state index contributed by atoms with van der Waals surface area (Å²) in [6.45, 7) is 5.01. The predicted molar refractivity (Wildman–Crippen MR) is 91.0 cm³/mol. The van der Waals surface area contributed by atoms with Crippen LogP contribution in [0.1, 0.15) is 76.8 Å². The Kier molecular flexibility index (Phi) is 9.68. The van der Waals surface area contributed by atoms with Crippen LogP contribution in [0.5, 0.6) is 5.75 Å². The molecule has 1 aromatic rings. The molecule has 0 aliphatic rings. The number of rotatable bonds is 12. The normalized spacial score (nSPS) is 10.8. The maximum Gasteiger partial charge on any atom is 0.160 e. The minimum absolute atomic E-state index is 0.282. The summed E-state index contributed by atoms with van der Waals surface area (Å²) in [5, 5.41) is 13.1. The standard InChI is InChI=1S/C18H32N2O/c1-3-4-5-6-7-8-9-10-11-12-14-20-17-13-15-19-16(2)18(17)21/h13,15,21H,3-12,14H2,1-2H3,(H,19,20). The van der Waals surface area contributed by atoms with E-state index in [2.05, 4.69) is 17.2 Å². The Morgan fingerprint density at radius 2 is 1.52 bits per heavy atom. The van der Waals surface area contributed by atoms with Crippen molar-refractivity contribution < 1.29 is 5.11 Å². The predicted octanol–water partition coefficient (Wildman–Crippen LogP) is 5.43. The zero-order valence-corrected chi connectivity index (χ0v) is 13.8. The van der Waals surface area contributed by atoms with E-state index in [1.165, 1.54) is 57.8 Å². The molecular weight excluding hydrogens is 260 g/mol. The van der Waals surface area contributed by atoms with Crippen molar-refractivity contribution in [2.24, 2.45) is 0 Å². The summed E-state index contributed by atoms with van der Waals surface area (Å²) in [7, 11) is 0. The number of nitrogens with zero attached hydrogens (tertiary/aromatic N) is 1. The number of aromatic nitrogens is 1. The quantitative estimate of drug-likeness (QED) is 0.505. The second-order valence-corrected chi connectivity index (χ2v) is 5.90. The second-order valence-electron chi connectivity index (χ2n) is 5.90. The molecule has 1 heterocycles. The molecule has 2 N–H and O–H groups in total. The van der Waals surface area contributed by atoms with Gasteiger partial charge in [-0.2, -0.15) is 0 Å². The van der Waals surface area contributed by atoms with Gasteiger partial charge in [0.2, 0.25) is 0 Å². The van der Waals surface area contributed by atoms with Gasteiger partial charge in [0.05, 0.1) is 11.4 Å². The fourth-order valence-electron chi connectivity index (χ4n) is 2.54. The third-order valence-electron chi connectivity index (χ3n) is 3.95. The van der Waals surface area contributed by atoms with E-state index in [1.807, 2.05) is 13.0 Å². The Balaban J connectivity index is 1.94. The summed E-state index contributed by atoms with van der Waals surface area (Å²) < 4.78 is 0. The van der Waals surface area contributed by atoms with Crippen LogP contribution in [0, 0.1) is 6.92 Å². The van der Waals surface area contributed by atoms with Crippen LogP contribution in [0.4, 0.5) is 5.69 Å². The van der Waals surface area contributed by atoms with Gasteiger partial charge in [-0.05, 0) is 19.4 Å². The van der Waals surface area contributed by atoms with E-state index in [9.17, 15) is 5.11 Å². The molecule has 0 amide bonds. The minimum Gasteiger partial charge on any atom is -0.504 e. The Morgan fingerprint density at radius 3 is 2.14 bits per heavy atom. The number of pyridine rings is 1. The highest BCUT2D eigenvalue weighted by Gasteiger charge is 2.03. The lowest BCUT2D eigenvalue weighted by atomic mass is 10.1. The van der Waals surface area contributed by atoms with Gasteiger partial charge in [0, 0.05) is 12.7 Å². The molecule has 0 aliphatic carbocycles. The largest absolute Gasteiger partial charge is 0.504 e. The molecule has 1 aromatic heterocycles. The number of aryl methyl sites for hydroxylation is 1. The molecule has 0 atom stereocenters. The average molecular weight is 292 g/mol. The number of nitrogens with one attached hydrogen (secondary N) is 1. The van der Waals surface area contributed by atoms with Crippen LogP contribution in [-0.2, 0) is 0 Å². The third kappa shape index (κ3) is 7.93. The maximum atomic E-state index is 9.83. The molecule has 21 heavy (non-hydrogen) atoms. The van der Waals surface area contributed by atoms with E-state index < -0.39 is 0 Å². The maximum absolute atomic E-state index is 9.83. The zero-order chi connectivity index (χ0) is 15.3. The summed E-state index contributed by atoms with van der Waals surface area (Å²) in [6.07, 6.45) is 15.2. The lowest BCUT2D eigenvalue weighted by molar-refractivity contribution is 0.469. The molecule has 0 fully saturated rings. The first-order valence-corrected chi connectivity index (χ1v) is 8.64. The van der Waals surface area contributed by atoms with Gasteiger partial charge >= 0.3 is 0 Å². The van der Waals surface area contributed by atoms with Crippen LogP contribution in [0.25, 0.3) is 0 Å². The van der Waals surface area contributed by atoms with Gasteiger partial charge in [-0.25, -0.2) is 0 Å². The third-order valence-corrected chi connectivity index (χ3v) is 3.95. The van der Waals surface area contributed by atoms with Crippen molar-refractivity contribution in [2.75, 3.05) is 11.9 Å². The van der Waals surface area contributed by atoms with E-state index in [4.69, 9.17) is 0 Å². The highest BCUT2D eigenvalue weighted by Crippen LogP contribution is 2.24. The Labute approximate surface area is 130 Å². The number of hydrogen-bond donors (Lipinski definition) is 2. The lowest BCUT2D eigenvalue weighted by Crippen LogP contribution is -2.02. The highest BCUT2D eigenvalue weighted by molar-refractivity contribution is 5.56. The van der Waals surface area contributed by atoms with E-state index in [1.54, 1.807) is 6.20 Å². The minimum atomic E-state index is 0.282. The molecule has 3 nitrogen and oxygen atoms in total. The van der Waals surface area contributed by atoms with E-state index in [0.717, 1.165) is 18.7 Å². The number of anilines is 1. The van der Waals surface area contributed by atoms with E-state index in [-0.39, 0.29) is 5.75 Å². The molecule has 0 bridgehead atoms. The van der Waals surface area contributed by atoms with Crippen LogP contribution >= 0.6 is 0 Å². The second kappa shape index (κ2) is 11.4.